The first-order valence-corrected chi connectivity index (χ1v) is 9.34. The molecule has 7 heteroatoms. The number of hydrogen-bond acceptors (Lipinski definition) is 6. The number of aryl methyl sites for hydroxylation is 1. The van der Waals surface area contributed by atoms with Gasteiger partial charge >= 0.3 is 0 Å². The Hall–Kier alpha value is -2.25. The maximum absolute atomic E-state index is 5.83. The molecule has 0 bridgehead atoms. The number of aromatic nitrogens is 4. The van der Waals surface area contributed by atoms with Gasteiger partial charge in [-0.2, -0.15) is 16.4 Å². The molecule has 0 radical (unpaired) electrons. The maximum Gasteiger partial charge on any atom is 0.226 e. The van der Waals surface area contributed by atoms with Crippen molar-refractivity contribution in [3.05, 3.63) is 35.3 Å². The highest BCUT2D eigenvalue weighted by atomic mass is 32.1. The van der Waals surface area contributed by atoms with Crippen molar-refractivity contribution in [3.8, 4) is 22.5 Å². The van der Waals surface area contributed by atoms with E-state index in [9.17, 15) is 0 Å². The molecular weight excluding hydrogens is 334 g/mol. The Morgan fingerprint density at radius 3 is 2.64 bits per heavy atom. The van der Waals surface area contributed by atoms with Crippen LogP contribution in [0.5, 0.6) is 0 Å². The number of thiophene rings is 1. The molecule has 0 spiro atoms. The Morgan fingerprint density at radius 1 is 1.20 bits per heavy atom. The van der Waals surface area contributed by atoms with E-state index in [1.807, 2.05) is 24.0 Å². The van der Waals surface area contributed by atoms with Gasteiger partial charge in [0.15, 0.2) is 0 Å². The van der Waals surface area contributed by atoms with E-state index >= 15 is 0 Å². The third kappa shape index (κ3) is 3.17. The smallest absolute Gasteiger partial charge is 0.226 e. The summed E-state index contributed by atoms with van der Waals surface area (Å²) in [4.78, 5) is 11.8. The molecule has 1 aliphatic heterocycles. The second-order valence-electron chi connectivity index (χ2n) is 6.45. The lowest BCUT2D eigenvalue weighted by Gasteiger charge is -2.35. The average molecular weight is 355 g/mol. The van der Waals surface area contributed by atoms with E-state index in [4.69, 9.17) is 9.72 Å². The summed E-state index contributed by atoms with van der Waals surface area (Å²) >= 11 is 1.67. The molecule has 3 aromatic rings. The van der Waals surface area contributed by atoms with Gasteiger partial charge in [0.05, 0.1) is 17.9 Å². The molecule has 4 rings (SSSR count). The minimum atomic E-state index is 0.170. The van der Waals surface area contributed by atoms with Gasteiger partial charge in [-0.25, -0.2) is 9.97 Å². The van der Waals surface area contributed by atoms with Crippen LogP contribution in [0.4, 0.5) is 5.95 Å². The first-order valence-electron chi connectivity index (χ1n) is 8.40. The van der Waals surface area contributed by atoms with E-state index in [0.29, 0.717) is 0 Å². The highest BCUT2D eigenvalue weighted by Crippen LogP contribution is 2.32. The van der Waals surface area contributed by atoms with Crippen LogP contribution in [0.3, 0.4) is 0 Å². The van der Waals surface area contributed by atoms with E-state index in [1.54, 1.807) is 17.5 Å². The molecular formula is C18H21N5OS. The SMILES string of the molecule is C[C@@H]1CN(c2ncc(-c3ccsc3)c(-c3ccnn3C)n2)C[C@@H](C)O1. The van der Waals surface area contributed by atoms with Crippen molar-refractivity contribution in [1.29, 1.82) is 0 Å². The van der Waals surface area contributed by atoms with Crippen molar-refractivity contribution in [3.63, 3.8) is 0 Å². The van der Waals surface area contributed by atoms with Gasteiger partial charge in [-0.3, -0.25) is 4.68 Å². The van der Waals surface area contributed by atoms with Crippen LogP contribution in [-0.2, 0) is 11.8 Å². The number of ether oxygens (including phenoxy) is 1. The monoisotopic (exact) mass is 355 g/mol. The summed E-state index contributed by atoms with van der Waals surface area (Å²) in [7, 11) is 1.94. The maximum atomic E-state index is 5.83. The fourth-order valence-electron chi connectivity index (χ4n) is 3.30. The van der Waals surface area contributed by atoms with Crippen LogP contribution < -0.4 is 4.90 Å². The number of nitrogens with zero attached hydrogens (tertiary/aromatic N) is 5. The molecule has 0 unspecified atom stereocenters. The Kier molecular flexibility index (Phi) is 4.27. The largest absolute Gasteiger partial charge is 0.372 e. The molecule has 130 valence electrons. The van der Waals surface area contributed by atoms with Crippen molar-refractivity contribution in [1.82, 2.24) is 19.7 Å². The Morgan fingerprint density at radius 2 is 2.00 bits per heavy atom. The standard InChI is InChI=1S/C18H21N5OS/c1-12-9-23(10-13(2)24-12)18-19-8-15(14-5-7-25-11-14)17(21-18)16-4-6-20-22(16)3/h4-8,11-13H,9-10H2,1-3H3/t12-,13-/m1/s1. The minimum Gasteiger partial charge on any atom is -0.372 e. The summed E-state index contributed by atoms with van der Waals surface area (Å²) in [6, 6.07) is 4.09. The summed E-state index contributed by atoms with van der Waals surface area (Å²) in [5, 5.41) is 8.50. The Labute approximate surface area is 151 Å². The number of hydrogen-bond donors (Lipinski definition) is 0. The summed E-state index contributed by atoms with van der Waals surface area (Å²) < 4.78 is 7.69. The summed E-state index contributed by atoms with van der Waals surface area (Å²) in [6.07, 6.45) is 4.07. The topological polar surface area (TPSA) is 56.1 Å². The van der Waals surface area contributed by atoms with Crippen LogP contribution in [-0.4, -0.2) is 45.0 Å². The van der Waals surface area contributed by atoms with Gasteiger partial charge in [-0.05, 0) is 42.3 Å². The molecule has 1 fully saturated rings. The van der Waals surface area contributed by atoms with Gasteiger partial charge in [0.2, 0.25) is 5.95 Å². The van der Waals surface area contributed by atoms with Crippen LogP contribution in [0.2, 0.25) is 0 Å². The van der Waals surface area contributed by atoms with E-state index in [-0.39, 0.29) is 12.2 Å². The molecule has 0 amide bonds. The fourth-order valence-corrected chi connectivity index (χ4v) is 3.95. The second kappa shape index (κ2) is 6.57. The Bertz CT molecular complexity index is 850. The van der Waals surface area contributed by atoms with E-state index < -0.39 is 0 Å². The zero-order valence-electron chi connectivity index (χ0n) is 14.6. The highest BCUT2D eigenvalue weighted by Gasteiger charge is 2.25. The number of anilines is 1. The third-order valence-electron chi connectivity index (χ3n) is 4.37. The number of rotatable bonds is 3. The van der Waals surface area contributed by atoms with E-state index in [2.05, 4.69) is 45.7 Å². The van der Waals surface area contributed by atoms with Gasteiger partial charge in [0, 0.05) is 38.1 Å². The lowest BCUT2D eigenvalue weighted by molar-refractivity contribution is -0.00571. The Balaban J connectivity index is 1.80. The fraction of sp³-hybridized carbons (Fsp3) is 0.389. The van der Waals surface area contributed by atoms with Crippen LogP contribution in [0.1, 0.15) is 13.8 Å². The molecule has 0 aromatic carbocycles. The van der Waals surface area contributed by atoms with Gasteiger partial charge in [0.25, 0.3) is 0 Å². The molecule has 2 atom stereocenters. The summed E-state index contributed by atoms with van der Waals surface area (Å²) in [5.74, 6) is 0.747. The van der Waals surface area contributed by atoms with E-state index in [0.717, 1.165) is 41.6 Å². The lowest BCUT2D eigenvalue weighted by atomic mass is 10.1. The first kappa shape index (κ1) is 16.2. The lowest BCUT2D eigenvalue weighted by Crippen LogP contribution is -2.46. The molecule has 0 N–H and O–H groups in total. The van der Waals surface area contributed by atoms with Crippen molar-refractivity contribution in [2.75, 3.05) is 18.0 Å². The molecule has 1 saturated heterocycles. The summed E-state index contributed by atoms with van der Waals surface area (Å²) in [5.41, 5.74) is 4.06. The van der Waals surface area contributed by atoms with Crippen LogP contribution in [0, 0.1) is 0 Å². The van der Waals surface area contributed by atoms with Gasteiger partial charge in [0.1, 0.15) is 5.69 Å². The van der Waals surface area contributed by atoms with Gasteiger partial charge < -0.3 is 9.64 Å². The number of morpholine rings is 1. The molecule has 6 nitrogen and oxygen atoms in total. The molecule has 1 aliphatic rings. The molecule has 25 heavy (non-hydrogen) atoms. The third-order valence-corrected chi connectivity index (χ3v) is 5.06. The van der Waals surface area contributed by atoms with Crippen molar-refractivity contribution in [2.24, 2.45) is 7.05 Å². The van der Waals surface area contributed by atoms with Crippen LogP contribution in [0.15, 0.2) is 35.3 Å². The van der Waals surface area contributed by atoms with Gasteiger partial charge in [-0.1, -0.05) is 0 Å². The zero-order valence-corrected chi connectivity index (χ0v) is 15.4. The quantitative estimate of drug-likeness (QED) is 0.722. The van der Waals surface area contributed by atoms with E-state index in [1.165, 1.54) is 0 Å². The second-order valence-corrected chi connectivity index (χ2v) is 7.23. The first-order chi connectivity index (χ1) is 12.1. The normalized spacial score (nSPS) is 20.8. The highest BCUT2D eigenvalue weighted by molar-refractivity contribution is 7.08. The van der Waals surface area contributed by atoms with Crippen molar-refractivity contribution < 1.29 is 4.74 Å². The molecule has 3 aromatic heterocycles. The zero-order chi connectivity index (χ0) is 17.4. The van der Waals surface area contributed by atoms with Crippen molar-refractivity contribution >= 4 is 17.3 Å². The van der Waals surface area contributed by atoms with Crippen molar-refractivity contribution in [2.45, 2.75) is 26.1 Å². The minimum absolute atomic E-state index is 0.170. The predicted octanol–water partition coefficient (Wildman–Crippen LogP) is 3.22. The van der Waals surface area contributed by atoms with Crippen LogP contribution >= 0.6 is 11.3 Å². The molecule has 0 aliphatic carbocycles. The molecule has 4 heterocycles. The predicted molar refractivity (Wildman–Crippen MR) is 99.8 cm³/mol. The van der Waals surface area contributed by atoms with Crippen LogP contribution in [0.25, 0.3) is 22.5 Å². The van der Waals surface area contributed by atoms with Gasteiger partial charge in [-0.15, -0.1) is 0 Å². The average Bonchev–Trinajstić information content (AvgIpc) is 3.25. The summed E-state index contributed by atoms with van der Waals surface area (Å²) in [6.45, 7) is 5.77. The molecule has 0 saturated carbocycles.